The van der Waals surface area contributed by atoms with Gasteiger partial charge in [0.05, 0.1) is 0 Å². The van der Waals surface area contributed by atoms with Crippen LogP contribution in [0.25, 0.3) is 0 Å². The second-order valence-electron chi connectivity index (χ2n) is 9.38. The summed E-state index contributed by atoms with van der Waals surface area (Å²) in [5.41, 5.74) is 1.15. The number of aliphatic imine (C=N–C) groups is 1. The van der Waals surface area contributed by atoms with Gasteiger partial charge < -0.3 is 15.1 Å². The maximum atomic E-state index is 13.0. The third-order valence-electron chi connectivity index (χ3n) is 6.28. The van der Waals surface area contributed by atoms with Crippen LogP contribution in [0.1, 0.15) is 56.3 Å². The van der Waals surface area contributed by atoms with Crippen molar-refractivity contribution in [3.05, 3.63) is 29.8 Å². The van der Waals surface area contributed by atoms with E-state index in [0.29, 0.717) is 23.1 Å². The average molecular weight is 457 g/mol. The van der Waals surface area contributed by atoms with Gasteiger partial charge in [0.15, 0.2) is 5.17 Å². The van der Waals surface area contributed by atoms with E-state index in [2.05, 4.69) is 29.1 Å². The van der Waals surface area contributed by atoms with Gasteiger partial charge in [-0.25, -0.2) is 0 Å². The van der Waals surface area contributed by atoms with Gasteiger partial charge in [-0.3, -0.25) is 14.4 Å². The normalized spacial score (nSPS) is 26.1. The first-order valence-corrected chi connectivity index (χ1v) is 12.5. The Bertz CT molecular complexity index is 902. The number of piperidine rings is 2. The number of anilines is 1. The number of carbonyl (C=O) groups excluding carboxylic acids is 3. The van der Waals surface area contributed by atoms with E-state index in [4.69, 9.17) is 0 Å². The molecule has 3 aliphatic rings. The molecule has 2 fully saturated rings. The van der Waals surface area contributed by atoms with E-state index in [1.54, 1.807) is 24.3 Å². The summed E-state index contributed by atoms with van der Waals surface area (Å²) in [5.74, 6) is 0.507. The van der Waals surface area contributed by atoms with E-state index < -0.39 is 5.25 Å². The lowest BCUT2D eigenvalue weighted by molar-refractivity contribution is -0.121. The molecule has 1 aromatic rings. The Hall–Kier alpha value is -2.35. The van der Waals surface area contributed by atoms with Crippen molar-refractivity contribution in [2.45, 2.75) is 51.2 Å². The van der Waals surface area contributed by atoms with E-state index in [-0.39, 0.29) is 24.1 Å². The second-order valence-corrected chi connectivity index (χ2v) is 10.5. The molecule has 0 radical (unpaired) electrons. The fourth-order valence-corrected chi connectivity index (χ4v) is 5.97. The topological polar surface area (TPSA) is 82.1 Å². The minimum atomic E-state index is -0.479. The van der Waals surface area contributed by atoms with Crippen molar-refractivity contribution in [1.29, 1.82) is 0 Å². The van der Waals surface area contributed by atoms with Crippen LogP contribution >= 0.6 is 11.8 Å². The summed E-state index contributed by atoms with van der Waals surface area (Å²) in [7, 11) is 0. The van der Waals surface area contributed by atoms with Gasteiger partial charge in [-0.05, 0) is 55.7 Å². The lowest BCUT2D eigenvalue weighted by Gasteiger charge is -2.35. The van der Waals surface area contributed by atoms with E-state index in [0.717, 1.165) is 50.6 Å². The van der Waals surface area contributed by atoms with Crippen molar-refractivity contribution in [2.75, 3.05) is 31.5 Å². The first-order chi connectivity index (χ1) is 15.4. The maximum Gasteiger partial charge on any atom is 0.262 e. The summed E-state index contributed by atoms with van der Waals surface area (Å²) < 4.78 is 0. The van der Waals surface area contributed by atoms with Gasteiger partial charge in [0.1, 0.15) is 5.25 Å². The predicted molar refractivity (Wildman–Crippen MR) is 128 cm³/mol. The van der Waals surface area contributed by atoms with Crippen molar-refractivity contribution >= 4 is 40.3 Å². The molecule has 0 bridgehead atoms. The van der Waals surface area contributed by atoms with Crippen LogP contribution in [0.4, 0.5) is 5.69 Å². The largest absolute Gasteiger partial charge is 0.351 e. The number of amidine groups is 1. The molecule has 32 heavy (non-hydrogen) atoms. The van der Waals surface area contributed by atoms with Gasteiger partial charge in [-0.2, -0.15) is 4.99 Å². The first kappa shape index (κ1) is 22.8. The van der Waals surface area contributed by atoms with Gasteiger partial charge in [-0.15, -0.1) is 0 Å². The van der Waals surface area contributed by atoms with Crippen LogP contribution in [-0.2, 0) is 9.59 Å². The smallest absolute Gasteiger partial charge is 0.262 e. The molecule has 1 N–H and O–H groups in total. The van der Waals surface area contributed by atoms with Crippen LogP contribution in [0, 0.1) is 11.8 Å². The van der Waals surface area contributed by atoms with Crippen molar-refractivity contribution in [2.24, 2.45) is 16.8 Å². The number of thioether (sulfide) groups is 1. The fourth-order valence-electron chi connectivity index (χ4n) is 4.85. The molecule has 0 aromatic heterocycles. The van der Waals surface area contributed by atoms with Crippen LogP contribution in [0.2, 0.25) is 0 Å². The maximum absolute atomic E-state index is 13.0. The number of rotatable bonds is 4. The lowest BCUT2D eigenvalue weighted by Crippen LogP contribution is -2.42. The zero-order valence-electron chi connectivity index (χ0n) is 18.9. The Morgan fingerprint density at radius 1 is 1.12 bits per heavy atom. The molecular weight excluding hydrogens is 424 g/mol. The van der Waals surface area contributed by atoms with Gasteiger partial charge in [0, 0.05) is 43.9 Å². The molecule has 8 heteroatoms. The van der Waals surface area contributed by atoms with Gasteiger partial charge >= 0.3 is 0 Å². The zero-order chi connectivity index (χ0) is 22.7. The van der Waals surface area contributed by atoms with Gasteiger partial charge in [-0.1, -0.05) is 31.7 Å². The molecule has 0 aliphatic carbocycles. The molecule has 3 heterocycles. The van der Waals surface area contributed by atoms with E-state index in [9.17, 15) is 14.4 Å². The van der Waals surface area contributed by atoms with Crippen molar-refractivity contribution < 1.29 is 14.4 Å². The third-order valence-corrected chi connectivity index (χ3v) is 7.49. The van der Waals surface area contributed by atoms with Crippen molar-refractivity contribution in [3.63, 3.8) is 0 Å². The number of amides is 3. The Labute approximate surface area is 194 Å². The molecule has 4 rings (SSSR count). The molecule has 3 amide bonds. The van der Waals surface area contributed by atoms with Crippen LogP contribution in [0.3, 0.4) is 0 Å². The number of likely N-dealkylation sites (tertiary alicyclic amines) is 2. The summed E-state index contributed by atoms with van der Waals surface area (Å²) in [5, 5.41) is 3.14. The van der Waals surface area contributed by atoms with Crippen molar-refractivity contribution in [1.82, 2.24) is 9.80 Å². The first-order valence-electron chi connectivity index (χ1n) is 11.6. The number of benzene rings is 1. The summed E-state index contributed by atoms with van der Waals surface area (Å²) in [4.78, 5) is 46.2. The lowest BCUT2D eigenvalue weighted by atomic mass is 9.91. The van der Waals surface area contributed by atoms with Gasteiger partial charge in [0.25, 0.3) is 11.8 Å². The molecule has 7 nitrogen and oxygen atoms in total. The molecule has 2 saturated heterocycles. The van der Waals surface area contributed by atoms with E-state index >= 15 is 0 Å². The number of hydrogen-bond acceptors (Lipinski definition) is 5. The molecule has 1 aromatic carbocycles. The van der Waals surface area contributed by atoms with Crippen LogP contribution in [-0.4, -0.2) is 64.1 Å². The Morgan fingerprint density at radius 3 is 2.56 bits per heavy atom. The Morgan fingerprint density at radius 2 is 1.84 bits per heavy atom. The quantitative estimate of drug-likeness (QED) is 0.748. The number of nitrogens with one attached hydrogen (secondary N) is 1. The Kier molecular flexibility index (Phi) is 7.18. The molecular formula is C24H32N4O3S. The van der Waals surface area contributed by atoms with E-state index in [1.165, 1.54) is 18.2 Å². The highest BCUT2D eigenvalue weighted by atomic mass is 32.2. The molecule has 0 unspecified atom stereocenters. The average Bonchev–Trinajstić information content (AvgIpc) is 3.13. The van der Waals surface area contributed by atoms with Crippen LogP contribution in [0.5, 0.6) is 0 Å². The highest BCUT2D eigenvalue weighted by Gasteiger charge is 2.33. The highest BCUT2D eigenvalue weighted by molar-refractivity contribution is 8.15. The van der Waals surface area contributed by atoms with E-state index in [1.807, 2.05) is 4.90 Å². The summed E-state index contributed by atoms with van der Waals surface area (Å²) >= 11 is 1.40. The highest BCUT2D eigenvalue weighted by Crippen LogP contribution is 2.29. The Balaban J connectivity index is 1.33. The number of hydrogen-bond donors (Lipinski definition) is 1. The fraction of sp³-hybridized carbons (Fsp3) is 0.583. The summed E-state index contributed by atoms with van der Waals surface area (Å²) in [6.45, 7) is 7.73. The standard InChI is InChI=1S/C24H32N4O3S/c1-16-11-17(2)15-28(14-16)23(31)18-7-6-8-19(12-18)25-21(29)13-20-22(30)26-24(32-20)27-9-4-3-5-10-27/h6-8,12,16-17,20H,3-5,9-11,13-15H2,1-2H3,(H,25,29)/t16-,17+,20-/m1/s1. The monoisotopic (exact) mass is 456 g/mol. The minimum absolute atomic E-state index is 0.000554. The molecule has 0 saturated carbocycles. The minimum Gasteiger partial charge on any atom is -0.351 e. The number of nitrogens with zero attached hydrogens (tertiary/aromatic N) is 3. The SMILES string of the molecule is C[C@@H]1C[C@H](C)CN(C(=O)c2cccc(NC(=O)C[C@H]3SC(N4CCCCC4)=NC3=O)c2)C1. The molecule has 172 valence electrons. The summed E-state index contributed by atoms with van der Waals surface area (Å²) in [6, 6.07) is 7.07. The third kappa shape index (κ3) is 5.52. The number of carbonyl (C=O) groups is 3. The second kappa shape index (κ2) is 10.1. The molecule has 0 spiro atoms. The zero-order valence-corrected chi connectivity index (χ0v) is 19.7. The predicted octanol–water partition coefficient (Wildman–Crippen LogP) is 3.62. The van der Waals surface area contributed by atoms with Gasteiger partial charge in [0.2, 0.25) is 5.91 Å². The molecule has 3 atom stereocenters. The summed E-state index contributed by atoms with van der Waals surface area (Å²) in [6.07, 6.45) is 4.66. The van der Waals surface area contributed by atoms with Crippen LogP contribution in [0.15, 0.2) is 29.3 Å². The van der Waals surface area contributed by atoms with Crippen LogP contribution < -0.4 is 5.32 Å². The molecule has 3 aliphatic heterocycles. The van der Waals surface area contributed by atoms with Crippen molar-refractivity contribution in [3.8, 4) is 0 Å².